The van der Waals surface area contributed by atoms with Crippen molar-refractivity contribution in [1.82, 2.24) is 5.32 Å². The van der Waals surface area contributed by atoms with Gasteiger partial charge in [-0.05, 0) is 18.6 Å². The van der Waals surface area contributed by atoms with Crippen LogP contribution in [0.15, 0.2) is 24.3 Å². The second-order valence-electron chi connectivity index (χ2n) is 3.59. The molecular weight excluding hydrogens is 220 g/mol. The molecular formula is C12H18N2O3. The van der Waals surface area contributed by atoms with Crippen molar-refractivity contribution in [3.8, 4) is 5.75 Å². The van der Waals surface area contributed by atoms with Crippen molar-refractivity contribution in [1.29, 1.82) is 0 Å². The number of carbonyl (C=O) groups excluding carboxylic acids is 1. The summed E-state index contributed by atoms with van der Waals surface area (Å²) >= 11 is 0. The van der Waals surface area contributed by atoms with Gasteiger partial charge in [-0.3, -0.25) is 0 Å². The first kappa shape index (κ1) is 13.3. The number of hydrogen-bond acceptors (Lipinski definition) is 3. The van der Waals surface area contributed by atoms with Crippen LogP contribution in [0.25, 0.3) is 0 Å². The monoisotopic (exact) mass is 238 g/mol. The lowest BCUT2D eigenvalue weighted by Crippen LogP contribution is -2.39. The van der Waals surface area contributed by atoms with E-state index in [0.717, 1.165) is 0 Å². The number of urea groups is 1. The molecule has 1 atom stereocenters. The van der Waals surface area contributed by atoms with Crippen LogP contribution in [0.1, 0.15) is 13.3 Å². The number of aliphatic hydroxyl groups excluding tert-OH is 1. The minimum atomic E-state index is -0.351. The van der Waals surface area contributed by atoms with Crippen molar-refractivity contribution in [2.24, 2.45) is 0 Å². The summed E-state index contributed by atoms with van der Waals surface area (Å²) in [6.45, 7) is 1.82. The van der Waals surface area contributed by atoms with Crippen molar-refractivity contribution in [2.75, 3.05) is 19.0 Å². The van der Waals surface area contributed by atoms with E-state index in [4.69, 9.17) is 9.84 Å². The molecule has 0 aliphatic rings. The highest BCUT2D eigenvalue weighted by Gasteiger charge is 2.10. The number of nitrogens with one attached hydrogen (secondary N) is 2. The molecule has 5 nitrogen and oxygen atoms in total. The van der Waals surface area contributed by atoms with Crippen LogP contribution in [-0.2, 0) is 0 Å². The van der Waals surface area contributed by atoms with E-state index in [9.17, 15) is 4.79 Å². The number of hydrogen-bond donors (Lipinski definition) is 3. The molecule has 1 aromatic carbocycles. The molecule has 94 valence electrons. The minimum absolute atomic E-state index is 0.0736. The molecule has 1 rings (SSSR count). The molecule has 1 aromatic rings. The van der Waals surface area contributed by atoms with Gasteiger partial charge in [-0.25, -0.2) is 4.79 Å². The molecule has 0 bridgehead atoms. The zero-order valence-electron chi connectivity index (χ0n) is 10.1. The van der Waals surface area contributed by atoms with Crippen LogP contribution in [-0.4, -0.2) is 30.9 Å². The zero-order chi connectivity index (χ0) is 12.7. The van der Waals surface area contributed by atoms with Gasteiger partial charge in [0, 0.05) is 0 Å². The third-order valence-corrected chi connectivity index (χ3v) is 2.40. The van der Waals surface area contributed by atoms with Crippen molar-refractivity contribution < 1.29 is 14.6 Å². The maximum absolute atomic E-state index is 11.6. The minimum Gasteiger partial charge on any atom is -0.495 e. The summed E-state index contributed by atoms with van der Waals surface area (Å²) in [5, 5.41) is 14.3. The van der Waals surface area contributed by atoms with Crippen LogP contribution >= 0.6 is 0 Å². The summed E-state index contributed by atoms with van der Waals surface area (Å²) in [6, 6.07) is 6.56. The molecule has 0 spiro atoms. The number of ether oxygens (including phenoxy) is 1. The SMILES string of the molecule is CC[C@H](CO)NC(=O)Nc1ccccc1OC. The normalized spacial score (nSPS) is 11.7. The van der Waals surface area contributed by atoms with Crippen LogP contribution in [0.3, 0.4) is 0 Å². The van der Waals surface area contributed by atoms with E-state index in [1.165, 1.54) is 0 Å². The third-order valence-electron chi connectivity index (χ3n) is 2.40. The van der Waals surface area contributed by atoms with Gasteiger partial charge < -0.3 is 20.5 Å². The average molecular weight is 238 g/mol. The first-order valence-electron chi connectivity index (χ1n) is 5.52. The Morgan fingerprint density at radius 3 is 2.76 bits per heavy atom. The van der Waals surface area contributed by atoms with Gasteiger partial charge >= 0.3 is 6.03 Å². The Bertz CT molecular complexity index is 365. The Labute approximate surface area is 101 Å². The third kappa shape index (κ3) is 3.96. The molecule has 0 saturated heterocycles. The van der Waals surface area contributed by atoms with Gasteiger partial charge in [0.15, 0.2) is 0 Å². The van der Waals surface area contributed by atoms with Crippen LogP contribution in [0.2, 0.25) is 0 Å². The lowest BCUT2D eigenvalue weighted by atomic mass is 10.2. The maximum Gasteiger partial charge on any atom is 0.319 e. The van der Waals surface area contributed by atoms with Crippen molar-refractivity contribution >= 4 is 11.7 Å². The lowest BCUT2D eigenvalue weighted by Gasteiger charge is -2.15. The summed E-state index contributed by atoms with van der Waals surface area (Å²) in [4.78, 5) is 11.6. The van der Waals surface area contributed by atoms with E-state index in [-0.39, 0.29) is 18.7 Å². The standard InChI is InChI=1S/C12H18N2O3/c1-3-9(8-15)13-12(16)14-10-6-4-5-7-11(10)17-2/h4-7,9,15H,3,8H2,1-2H3,(H2,13,14,16)/t9-/m1/s1. The zero-order valence-corrected chi connectivity index (χ0v) is 10.1. The van der Waals surface area contributed by atoms with E-state index >= 15 is 0 Å². The topological polar surface area (TPSA) is 70.6 Å². The Kier molecular flexibility index (Phi) is 5.29. The molecule has 5 heteroatoms. The summed E-state index contributed by atoms with van der Waals surface area (Å²) in [7, 11) is 1.54. The van der Waals surface area contributed by atoms with Crippen LogP contribution in [0, 0.1) is 0 Å². The number of benzene rings is 1. The predicted molar refractivity (Wildman–Crippen MR) is 66.3 cm³/mol. The summed E-state index contributed by atoms with van der Waals surface area (Å²) < 4.78 is 5.11. The van der Waals surface area contributed by atoms with Gasteiger partial charge in [0.2, 0.25) is 0 Å². The number of carbonyl (C=O) groups is 1. The first-order chi connectivity index (χ1) is 8.21. The number of aliphatic hydroxyl groups is 1. The number of methoxy groups -OCH3 is 1. The highest BCUT2D eigenvalue weighted by molar-refractivity contribution is 5.91. The van der Waals surface area contributed by atoms with Gasteiger partial charge in [0.1, 0.15) is 5.75 Å². The van der Waals surface area contributed by atoms with E-state index in [2.05, 4.69) is 10.6 Å². The van der Waals surface area contributed by atoms with Gasteiger partial charge in [-0.15, -0.1) is 0 Å². The molecule has 0 heterocycles. The highest BCUT2D eigenvalue weighted by Crippen LogP contribution is 2.22. The van der Waals surface area contributed by atoms with E-state index in [0.29, 0.717) is 17.9 Å². The predicted octanol–water partition coefficient (Wildman–Crippen LogP) is 1.59. The number of anilines is 1. The van der Waals surface area contributed by atoms with E-state index in [1.54, 1.807) is 19.2 Å². The molecule has 0 aliphatic heterocycles. The van der Waals surface area contributed by atoms with Gasteiger partial charge in [-0.1, -0.05) is 19.1 Å². The number of rotatable bonds is 5. The Hall–Kier alpha value is -1.75. The Balaban J connectivity index is 2.61. The summed E-state index contributed by atoms with van der Waals surface area (Å²) in [5.74, 6) is 0.597. The maximum atomic E-state index is 11.6. The second kappa shape index (κ2) is 6.75. The Morgan fingerprint density at radius 1 is 1.47 bits per heavy atom. The fourth-order valence-electron chi connectivity index (χ4n) is 1.37. The van der Waals surface area contributed by atoms with Gasteiger partial charge in [0.25, 0.3) is 0 Å². The van der Waals surface area contributed by atoms with Gasteiger partial charge in [-0.2, -0.15) is 0 Å². The highest BCUT2D eigenvalue weighted by atomic mass is 16.5. The van der Waals surface area contributed by atoms with E-state index in [1.807, 2.05) is 19.1 Å². The molecule has 0 aromatic heterocycles. The van der Waals surface area contributed by atoms with Gasteiger partial charge in [0.05, 0.1) is 25.4 Å². The average Bonchev–Trinajstić information content (AvgIpc) is 2.36. The molecule has 0 aliphatic carbocycles. The molecule has 0 radical (unpaired) electrons. The van der Waals surface area contributed by atoms with Crippen LogP contribution < -0.4 is 15.4 Å². The smallest absolute Gasteiger partial charge is 0.319 e. The largest absolute Gasteiger partial charge is 0.495 e. The molecule has 2 amide bonds. The molecule has 0 saturated carbocycles. The number of para-hydroxylation sites is 2. The van der Waals surface area contributed by atoms with Crippen molar-refractivity contribution in [3.05, 3.63) is 24.3 Å². The molecule has 3 N–H and O–H groups in total. The molecule has 0 fully saturated rings. The summed E-state index contributed by atoms with van der Waals surface area (Å²) in [5.41, 5.74) is 0.597. The first-order valence-corrected chi connectivity index (χ1v) is 5.52. The van der Waals surface area contributed by atoms with Crippen LogP contribution in [0.5, 0.6) is 5.75 Å². The lowest BCUT2D eigenvalue weighted by molar-refractivity contribution is 0.222. The fourth-order valence-corrected chi connectivity index (χ4v) is 1.37. The fraction of sp³-hybridized carbons (Fsp3) is 0.417. The summed E-state index contributed by atoms with van der Waals surface area (Å²) in [6.07, 6.45) is 0.676. The van der Waals surface area contributed by atoms with Crippen molar-refractivity contribution in [2.45, 2.75) is 19.4 Å². The van der Waals surface area contributed by atoms with Crippen LogP contribution in [0.4, 0.5) is 10.5 Å². The second-order valence-corrected chi connectivity index (χ2v) is 3.59. The number of amides is 2. The quantitative estimate of drug-likeness (QED) is 0.729. The van der Waals surface area contributed by atoms with E-state index < -0.39 is 0 Å². The Morgan fingerprint density at radius 2 is 2.18 bits per heavy atom. The molecule has 0 unspecified atom stereocenters. The molecule has 17 heavy (non-hydrogen) atoms. The van der Waals surface area contributed by atoms with Crippen molar-refractivity contribution in [3.63, 3.8) is 0 Å².